The van der Waals surface area contributed by atoms with Gasteiger partial charge in [0.2, 0.25) is 0 Å². The first-order valence-corrected chi connectivity index (χ1v) is 11.7. The van der Waals surface area contributed by atoms with E-state index >= 15 is 0 Å². The van der Waals surface area contributed by atoms with Crippen molar-refractivity contribution in [2.75, 3.05) is 33.3 Å². The highest BCUT2D eigenvalue weighted by Gasteiger charge is 2.23. The maximum absolute atomic E-state index is 13.2. The molecule has 32 heavy (non-hydrogen) atoms. The first kappa shape index (κ1) is 20.7. The Kier molecular flexibility index (Phi) is 5.88. The number of piperazine rings is 1. The van der Waals surface area contributed by atoms with Gasteiger partial charge in [0.1, 0.15) is 10.8 Å². The highest BCUT2D eigenvalue weighted by molar-refractivity contribution is 7.09. The second-order valence-corrected chi connectivity index (χ2v) is 8.89. The minimum Gasteiger partial charge on any atom is -0.497 e. The topological polar surface area (TPSA) is 45.7 Å². The van der Waals surface area contributed by atoms with Gasteiger partial charge in [-0.2, -0.15) is 0 Å². The Morgan fingerprint density at radius 3 is 2.50 bits per heavy atom. The molecule has 1 aliphatic heterocycles. The van der Waals surface area contributed by atoms with Crippen molar-refractivity contribution in [1.29, 1.82) is 0 Å². The van der Waals surface area contributed by atoms with E-state index in [-0.39, 0.29) is 5.91 Å². The number of hydrogen-bond acceptors (Lipinski definition) is 5. The van der Waals surface area contributed by atoms with E-state index in [0.717, 1.165) is 71.1 Å². The van der Waals surface area contributed by atoms with Crippen LogP contribution in [0.15, 0.2) is 72.1 Å². The van der Waals surface area contributed by atoms with E-state index in [9.17, 15) is 4.79 Å². The number of carbonyl (C=O) groups excluding carboxylic acids is 1. The molecule has 3 aromatic carbocycles. The van der Waals surface area contributed by atoms with Gasteiger partial charge in [-0.05, 0) is 41.1 Å². The Morgan fingerprint density at radius 1 is 0.969 bits per heavy atom. The normalized spacial score (nSPS) is 14.6. The number of carbonyl (C=O) groups is 1. The van der Waals surface area contributed by atoms with Gasteiger partial charge >= 0.3 is 0 Å². The molecule has 1 amide bonds. The fourth-order valence-corrected chi connectivity index (χ4v) is 5.01. The van der Waals surface area contributed by atoms with Crippen molar-refractivity contribution in [2.24, 2.45) is 0 Å². The van der Waals surface area contributed by atoms with Crippen LogP contribution in [-0.4, -0.2) is 54.0 Å². The average Bonchev–Trinajstić information content (AvgIpc) is 3.32. The van der Waals surface area contributed by atoms with Crippen molar-refractivity contribution in [3.05, 3.63) is 82.7 Å². The summed E-state index contributed by atoms with van der Waals surface area (Å²) in [5.41, 5.74) is 2.89. The Morgan fingerprint density at radius 2 is 1.72 bits per heavy atom. The minimum atomic E-state index is 0.123. The van der Waals surface area contributed by atoms with E-state index in [0.29, 0.717) is 0 Å². The number of amides is 1. The minimum absolute atomic E-state index is 0.123. The zero-order valence-electron chi connectivity index (χ0n) is 18.0. The molecule has 4 aromatic rings. The number of aromatic nitrogens is 1. The van der Waals surface area contributed by atoms with Crippen molar-refractivity contribution in [3.63, 3.8) is 0 Å². The van der Waals surface area contributed by atoms with Crippen LogP contribution in [0.4, 0.5) is 0 Å². The van der Waals surface area contributed by atoms with Crippen LogP contribution in [0.1, 0.15) is 15.4 Å². The number of benzene rings is 3. The van der Waals surface area contributed by atoms with Gasteiger partial charge in [-0.15, -0.1) is 11.3 Å². The summed E-state index contributed by atoms with van der Waals surface area (Å²) >= 11 is 1.69. The van der Waals surface area contributed by atoms with E-state index < -0.39 is 0 Å². The van der Waals surface area contributed by atoms with Gasteiger partial charge < -0.3 is 9.64 Å². The molecular formula is C26H25N3O2S. The first-order chi connectivity index (χ1) is 15.7. The van der Waals surface area contributed by atoms with Crippen LogP contribution in [0.5, 0.6) is 5.75 Å². The SMILES string of the molecule is COc1ccc(-c2csc(CN3CCN(C(=O)c4cccc5ccccc45)CC3)n2)cc1. The largest absolute Gasteiger partial charge is 0.497 e. The van der Waals surface area contributed by atoms with E-state index in [1.807, 2.05) is 59.5 Å². The molecule has 6 heteroatoms. The van der Waals surface area contributed by atoms with Crippen LogP contribution in [0.25, 0.3) is 22.0 Å². The van der Waals surface area contributed by atoms with E-state index in [4.69, 9.17) is 9.72 Å². The maximum atomic E-state index is 13.2. The lowest BCUT2D eigenvalue weighted by atomic mass is 10.0. The number of ether oxygens (including phenoxy) is 1. The zero-order chi connectivity index (χ0) is 21.9. The van der Waals surface area contributed by atoms with Gasteiger partial charge in [0.25, 0.3) is 5.91 Å². The molecule has 0 atom stereocenters. The second-order valence-electron chi connectivity index (χ2n) is 7.95. The zero-order valence-corrected chi connectivity index (χ0v) is 18.8. The lowest BCUT2D eigenvalue weighted by molar-refractivity contribution is 0.0630. The van der Waals surface area contributed by atoms with Gasteiger partial charge in [0.15, 0.2) is 0 Å². The molecule has 1 saturated heterocycles. The summed E-state index contributed by atoms with van der Waals surface area (Å²) in [6, 6.07) is 22.0. The molecule has 0 N–H and O–H groups in total. The number of nitrogens with zero attached hydrogens (tertiary/aromatic N) is 3. The number of hydrogen-bond donors (Lipinski definition) is 0. The fraction of sp³-hybridized carbons (Fsp3) is 0.231. The lowest BCUT2D eigenvalue weighted by Gasteiger charge is -2.34. The molecule has 2 heterocycles. The number of thiazole rings is 1. The monoisotopic (exact) mass is 443 g/mol. The lowest BCUT2D eigenvalue weighted by Crippen LogP contribution is -2.48. The molecule has 0 radical (unpaired) electrons. The van der Waals surface area contributed by atoms with Crippen molar-refractivity contribution >= 4 is 28.0 Å². The van der Waals surface area contributed by atoms with Crippen LogP contribution in [-0.2, 0) is 6.54 Å². The molecule has 0 spiro atoms. The number of rotatable bonds is 5. The smallest absolute Gasteiger partial charge is 0.254 e. The second kappa shape index (κ2) is 9.10. The summed E-state index contributed by atoms with van der Waals surface area (Å²) in [5.74, 6) is 0.970. The third-order valence-electron chi connectivity index (χ3n) is 5.98. The van der Waals surface area contributed by atoms with Crippen LogP contribution in [0.3, 0.4) is 0 Å². The average molecular weight is 444 g/mol. The van der Waals surface area contributed by atoms with Gasteiger partial charge in [-0.1, -0.05) is 36.4 Å². The summed E-state index contributed by atoms with van der Waals surface area (Å²) in [4.78, 5) is 22.3. The van der Waals surface area contributed by atoms with Gasteiger partial charge in [0.05, 0.1) is 19.3 Å². The van der Waals surface area contributed by atoms with Crippen LogP contribution in [0, 0.1) is 0 Å². The molecule has 5 rings (SSSR count). The van der Waals surface area contributed by atoms with Crippen LogP contribution < -0.4 is 4.74 Å². The molecule has 0 aliphatic carbocycles. The molecular weight excluding hydrogens is 418 g/mol. The predicted molar refractivity (Wildman–Crippen MR) is 129 cm³/mol. The summed E-state index contributed by atoms with van der Waals surface area (Å²) in [6.07, 6.45) is 0. The first-order valence-electron chi connectivity index (χ1n) is 10.8. The van der Waals surface area contributed by atoms with Crippen LogP contribution in [0.2, 0.25) is 0 Å². The summed E-state index contributed by atoms with van der Waals surface area (Å²) in [7, 11) is 1.67. The Labute approximate surface area is 191 Å². The Bertz CT molecular complexity index is 1220. The van der Waals surface area contributed by atoms with Crippen molar-refractivity contribution < 1.29 is 9.53 Å². The van der Waals surface area contributed by atoms with Gasteiger partial charge in [-0.3, -0.25) is 9.69 Å². The van der Waals surface area contributed by atoms with Gasteiger partial charge in [-0.25, -0.2) is 4.98 Å². The molecule has 0 bridgehead atoms. The number of fused-ring (bicyclic) bond motifs is 1. The number of methoxy groups -OCH3 is 1. The summed E-state index contributed by atoms with van der Waals surface area (Å²) in [5, 5.41) is 5.34. The van der Waals surface area contributed by atoms with E-state index in [2.05, 4.69) is 22.4 Å². The van der Waals surface area contributed by atoms with E-state index in [1.165, 1.54) is 0 Å². The highest BCUT2D eigenvalue weighted by atomic mass is 32.1. The van der Waals surface area contributed by atoms with E-state index in [1.54, 1.807) is 18.4 Å². The van der Waals surface area contributed by atoms with Crippen molar-refractivity contribution in [2.45, 2.75) is 6.54 Å². The van der Waals surface area contributed by atoms with Crippen molar-refractivity contribution in [1.82, 2.24) is 14.8 Å². The third kappa shape index (κ3) is 4.24. The summed E-state index contributed by atoms with van der Waals surface area (Å²) < 4.78 is 5.23. The van der Waals surface area contributed by atoms with Gasteiger partial charge in [0, 0.05) is 42.7 Å². The maximum Gasteiger partial charge on any atom is 0.254 e. The quantitative estimate of drug-likeness (QED) is 0.439. The molecule has 0 saturated carbocycles. The summed E-state index contributed by atoms with van der Waals surface area (Å²) in [6.45, 7) is 4.00. The molecule has 1 aromatic heterocycles. The molecule has 5 nitrogen and oxygen atoms in total. The molecule has 0 unspecified atom stereocenters. The Balaban J connectivity index is 1.21. The molecule has 162 valence electrons. The molecule has 1 aliphatic rings. The fourth-order valence-electron chi connectivity index (χ4n) is 4.16. The third-order valence-corrected chi connectivity index (χ3v) is 6.81. The Hall–Kier alpha value is -3.22. The predicted octanol–water partition coefficient (Wildman–Crippen LogP) is 4.93. The van der Waals surface area contributed by atoms with Crippen molar-refractivity contribution in [3.8, 4) is 17.0 Å². The molecule has 1 fully saturated rings. The van der Waals surface area contributed by atoms with Crippen LogP contribution >= 0.6 is 11.3 Å². The standard InChI is InChI=1S/C26H25N3O2S/c1-31-21-11-9-20(10-12-21)24-18-32-25(27-24)17-28-13-15-29(16-14-28)26(30)23-8-4-6-19-5-2-3-7-22(19)23/h2-12,18H,13-17H2,1H3. The highest BCUT2D eigenvalue weighted by Crippen LogP contribution is 2.25.